The van der Waals surface area contributed by atoms with Crippen LogP contribution in [0.1, 0.15) is 57.1 Å². The Morgan fingerprint density at radius 3 is 2.50 bits per heavy atom. The quantitative estimate of drug-likeness (QED) is 0.167. The van der Waals surface area contributed by atoms with E-state index in [1.54, 1.807) is 35.2 Å². The Balaban J connectivity index is 1.60. The zero-order chi connectivity index (χ0) is 31.5. The fourth-order valence-corrected chi connectivity index (χ4v) is 7.66. The molecule has 8 nitrogen and oxygen atoms in total. The SMILES string of the molecule is C=CCCCCOC(=O)[C@H]1[C@H]2C(=O)N([C@H](CO)c3ccccc3)C(C(=O)N(CC=C)c3ccc(Cl)cc3)C23CC[C@]1(CC)O3. The number of likely N-dealkylation sites (tertiary alicyclic amines) is 1. The van der Waals surface area contributed by atoms with Crippen molar-refractivity contribution in [3.05, 3.63) is 90.5 Å². The van der Waals surface area contributed by atoms with Gasteiger partial charge in [-0.1, -0.05) is 61.0 Å². The number of carbonyl (C=O) groups is 3. The molecule has 2 aromatic rings. The van der Waals surface area contributed by atoms with Gasteiger partial charge in [-0.05, 0) is 68.4 Å². The molecule has 2 bridgehead atoms. The number of anilines is 1. The summed E-state index contributed by atoms with van der Waals surface area (Å²) in [5.41, 5.74) is -0.931. The molecule has 2 unspecified atom stereocenters. The van der Waals surface area contributed by atoms with Crippen molar-refractivity contribution in [3.63, 3.8) is 0 Å². The van der Waals surface area contributed by atoms with Crippen LogP contribution in [0.15, 0.2) is 79.9 Å². The largest absolute Gasteiger partial charge is 0.465 e. The number of fused-ring (bicyclic) bond motifs is 1. The van der Waals surface area contributed by atoms with Gasteiger partial charge in [0.05, 0.1) is 30.8 Å². The molecule has 234 valence electrons. The normalized spacial score (nSPS) is 27.6. The summed E-state index contributed by atoms with van der Waals surface area (Å²) in [6.45, 7) is 9.54. The number of nitrogens with zero attached hydrogens (tertiary/aromatic N) is 2. The zero-order valence-electron chi connectivity index (χ0n) is 25.2. The third kappa shape index (κ3) is 5.37. The maximum absolute atomic E-state index is 14.9. The van der Waals surface area contributed by atoms with Crippen LogP contribution in [0.4, 0.5) is 5.69 Å². The van der Waals surface area contributed by atoms with E-state index in [1.165, 1.54) is 4.90 Å². The van der Waals surface area contributed by atoms with Crippen LogP contribution in [0.2, 0.25) is 5.02 Å². The van der Waals surface area contributed by atoms with Gasteiger partial charge in [-0.25, -0.2) is 0 Å². The van der Waals surface area contributed by atoms with Crippen LogP contribution in [0, 0.1) is 11.8 Å². The Morgan fingerprint density at radius 2 is 1.86 bits per heavy atom. The predicted molar refractivity (Wildman–Crippen MR) is 169 cm³/mol. The highest BCUT2D eigenvalue weighted by atomic mass is 35.5. The van der Waals surface area contributed by atoms with E-state index in [0.29, 0.717) is 42.0 Å². The Morgan fingerprint density at radius 1 is 1.14 bits per heavy atom. The Kier molecular flexibility index (Phi) is 9.63. The van der Waals surface area contributed by atoms with Gasteiger partial charge in [0.25, 0.3) is 5.91 Å². The summed E-state index contributed by atoms with van der Waals surface area (Å²) in [6.07, 6.45) is 7.22. The lowest BCUT2D eigenvalue weighted by molar-refractivity contribution is -0.162. The number of carbonyl (C=O) groups excluding carboxylic acids is 3. The van der Waals surface area contributed by atoms with E-state index >= 15 is 0 Å². The lowest BCUT2D eigenvalue weighted by atomic mass is 9.65. The fourth-order valence-electron chi connectivity index (χ4n) is 7.53. The van der Waals surface area contributed by atoms with Crippen LogP contribution in [0.25, 0.3) is 0 Å². The number of rotatable bonds is 14. The van der Waals surface area contributed by atoms with Gasteiger partial charge in [-0.15, -0.1) is 13.2 Å². The van der Waals surface area contributed by atoms with Crippen LogP contribution in [-0.2, 0) is 23.9 Å². The number of ether oxygens (including phenoxy) is 2. The van der Waals surface area contributed by atoms with E-state index in [0.717, 1.165) is 12.8 Å². The third-order valence-electron chi connectivity index (χ3n) is 9.56. The number of unbranched alkanes of at least 4 members (excludes halogenated alkanes) is 2. The highest BCUT2D eigenvalue weighted by molar-refractivity contribution is 6.30. The van der Waals surface area contributed by atoms with E-state index in [9.17, 15) is 19.5 Å². The number of hydrogen-bond donors (Lipinski definition) is 1. The molecular formula is C35H41ClN2O6. The summed E-state index contributed by atoms with van der Waals surface area (Å²) in [7, 11) is 0. The first-order valence-corrected chi connectivity index (χ1v) is 15.8. The average Bonchev–Trinajstić information content (AvgIpc) is 3.65. The maximum atomic E-state index is 14.9. The van der Waals surface area contributed by atoms with Crippen molar-refractivity contribution in [2.24, 2.45) is 11.8 Å². The summed E-state index contributed by atoms with van der Waals surface area (Å²) < 4.78 is 12.7. The fraction of sp³-hybridized carbons (Fsp3) is 0.457. The van der Waals surface area contributed by atoms with Crippen molar-refractivity contribution >= 4 is 35.1 Å². The van der Waals surface area contributed by atoms with Gasteiger partial charge < -0.3 is 24.4 Å². The molecule has 3 saturated heterocycles. The number of benzene rings is 2. The van der Waals surface area contributed by atoms with Crippen molar-refractivity contribution in [1.29, 1.82) is 0 Å². The Bertz CT molecular complexity index is 1380. The molecule has 3 aliphatic rings. The minimum atomic E-state index is -1.27. The van der Waals surface area contributed by atoms with Crippen LogP contribution in [0.5, 0.6) is 0 Å². The van der Waals surface area contributed by atoms with Crippen LogP contribution >= 0.6 is 11.6 Å². The van der Waals surface area contributed by atoms with Crippen molar-refractivity contribution in [3.8, 4) is 0 Å². The van der Waals surface area contributed by atoms with Gasteiger partial charge in [-0.2, -0.15) is 0 Å². The summed E-state index contributed by atoms with van der Waals surface area (Å²) in [5, 5.41) is 11.3. The monoisotopic (exact) mass is 620 g/mol. The molecule has 44 heavy (non-hydrogen) atoms. The maximum Gasteiger partial charge on any atom is 0.312 e. The van der Waals surface area contributed by atoms with Crippen LogP contribution < -0.4 is 4.90 Å². The average molecular weight is 621 g/mol. The minimum Gasteiger partial charge on any atom is -0.465 e. The first-order valence-electron chi connectivity index (χ1n) is 15.4. The molecule has 3 heterocycles. The molecule has 0 aromatic heterocycles. The van der Waals surface area contributed by atoms with Gasteiger partial charge >= 0.3 is 5.97 Å². The van der Waals surface area contributed by atoms with Gasteiger partial charge in [0.1, 0.15) is 17.6 Å². The predicted octanol–water partition coefficient (Wildman–Crippen LogP) is 5.65. The Labute approximate surface area is 264 Å². The first kappa shape index (κ1) is 31.9. The minimum absolute atomic E-state index is 0.171. The molecule has 1 spiro atoms. The highest BCUT2D eigenvalue weighted by Gasteiger charge is 2.79. The number of hydrogen-bond acceptors (Lipinski definition) is 6. The molecule has 6 atom stereocenters. The van der Waals surface area contributed by atoms with Crippen molar-refractivity contribution in [2.75, 3.05) is 24.7 Å². The van der Waals surface area contributed by atoms with E-state index in [1.807, 2.05) is 43.3 Å². The van der Waals surface area contributed by atoms with E-state index in [-0.39, 0.29) is 25.0 Å². The Hall–Kier alpha value is -3.46. The lowest BCUT2D eigenvalue weighted by Crippen LogP contribution is -2.57. The molecular weight excluding hydrogens is 580 g/mol. The highest BCUT2D eigenvalue weighted by Crippen LogP contribution is 2.65. The van der Waals surface area contributed by atoms with E-state index < -0.39 is 47.7 Å². The standard InChI is InChI=1S/C35H41ClN2O6/c1-4-7-8-12-22-43-33(42)29-28-31(40)38(27(23-39)24-13-10-9-11-14-24)30(35(28)20-19-34(29,6-3)44-35)32(41)37(21-5-2)26-17-15-25(36)16-18-26/h4-5,9-11,13-18,27-30,39H,1-2,6-8,12,19-23H2,3H3/t27-,28+,29-,30?,34+,35?/m1/s1. The molecule has 9 heteroatoms. The summed E-state index contributed by atoms with van der Waals surface area (Å²) in [4.78, 5) is 46.5. The lowest BCUT2D eigenvalue weighted by Gasteiger charge is -2.39. The molecule has 2 aromatic carbocycles. The first-order chi connectivity index (χ1) is 21.3. The van der Waals surface area contributed by atoms with Crippen molar-refractivity contribution in [2.45, 2.75) is 68.7 Å². The topological polar surface area (TPSA) is 96.4 Å². The summed E-state index contributed by atoms with van der Waals surface area (Å²) in [6, 6.07) is 14.1. The number of esters is 1. The van der Waals surface area contributed by atoms with E-state index in [2.05, 4.69) is 13.2 Å². The smallest absolute Gasteiger partial charge is 0.312 e. The van der Waals surface area contributed by atoms with Crippen LogP contribution in [0.3, 0.4) is 0 Å². The number of aliphatic hydroxyl groups excluding tert-OH is 1. The van der Waals surface area contributed by atoms with Gasteiger partial charge in [-0.3, -0.25) is 14.4 Å². The molecule has 2 amide bonds. The third-order valence-corrected chi connectivity index (χ3v) is 9.81. The molecule has 1 N–H and O–H groups in total. The van der Waals surface area contributed by atoms with Gasteiger partial charge in [0.15, 0.2) is 0 Å². The number of amides is 2. The molecule has 3 aliphatic heterocycles. The number of aliphatic hydroxyl groups is 1. The van der Waals surface area contributed by atoms with E-state index in [4.69, 9.17) is 21.1 Å². The summed E-state index contributed by atoms with van der Waals surface area (Å²) >= 11 is 6.16. The molecule has 0 aliphatic carbocycles. The number of allylic oxidation sites excluding steroid dienone is 1. The second-order valence-electron chi connectivity index (χ2n) is 11.9. The molecule has 3 fully saturated rings. The molecule has 0 saturated carbocycles. The second-order valence-corrected chi connectivity index (χ2v) is 12.3. The molecule has 0 radical (unpaired) electrons. The van der Waals surface area contributed by atoms with Gasteiger partial charge in [0.2, 0.25) is 5.91 Å². The van der Waals surface area contributed by atoms with Crippen molar-refractivity contribution < 1.29 is 29.0 Å². The second kappa shape index (κ2) is 13.3. The summed E-state index contributed by atoms with van der Waals surface area (Å²) in [5.74, 6) is -3.03. The zero-order valence-corrected chi connectivity index (χ0v) is 26.0. The molecule has 5 rings (SSSR count). The van der Waals surface area contributed by atoms with Crippen molar-refractivity contribution in [1.82, 2.24) is 4.90 Å². The van der Waals surface area contributed by atoms with Gasteiger partial charge in [0, 0.05) is 17.3 Å². The van der Waals surface area contributed by atoms with Crippen LogP contribution in [-0.4, -0.2) is 64.8 Å². The number of halogens is 1.